The third-order valence-corrected chi connectivity index (χ3v) is 9.26. The second-order valence-corrected chi connectivity index (χ2v) is 12.3. The Labute approximate surface area is 213 Å². The van der Waals surface area contributed by atoms with Gasteiger partial charge in [0.05, 0.1) is 11.9 Å². The fourth-order valence-corrected chi connectivity index (χ4v) is 5.74. The van der Waals surface area contributed by atoms with Crippen LogP contribution in [0.1, 0.15) is 37.0 Å². The molecule has 2 fully saturated rings. The van der Waals surface area contributed by atoms with Crippen LogP contribution < -0.4 is 15.5 Å². The van der Waals surface area contributed by atoms with Crippen LogP contribution in [0.15, 0.2) is 24.3 Å². The number of hydroxylamine groups is 1. The number of nitrogens with zero attached hydrogens (tertiary/aromatic N) is 3. The maximum atomic E-state index is 12.7. The van der Waals surface area contributed by atoms with Gasteiger partial charge < -0.3 is 15.0 Å². The van der Waals surface area contributed by atoms with E-state index in [2.05, 4.69) is 17.3 Å². The van der Waals surface area contributed by atoms with Crippen LogP contribution in [0.25, 0.3) is 0 Å². The molecule has 1 aromatic carbocycles. The average Bonchev–Trinajstić information content (AvgIpc) is 2.88. The number of likely N-dealkylation sites (tertiary alicyclic amines) is 1. The van der Waals surface area contributed by atoms with Gasteiger partial charge in [-0.2, -0.15) is 4.31 Å². The number of carbonyl (C=O) groups excluding carboxylic acids is 2. The maximum absolute atomic E-state index is 12.7. The summed E-state index contributed by atoms with van der Waals surface area (Å²) in [7, 11) is -1.25. The van der Waals surface area contributed by atoms with Crippen molar-refractivity contribution in [2.45, 2.75) is 38.0 Å². The summed E-state index contributed by atoms with van der Waals surface area (Å²) in [5, 5.41) is 11.4. The van der Waals surface area contributed by atoms with Gasteiger partial charge in [-0.1, -0.05) is 0 Å². The Balaban J connectivity index is 1.50. The molecule has 3 N–H and O–H groups in total. The fraction of sp³-hybridized carbons (Fsp3) is 0.667. The lowest BCUT2D eigenvalue weighted by Gasteiger charge is -2.38. The van der Waals surface area contributed by atoms with Crippen molar-refractivity contribution in [2.75, 3.05) is 59.5 Å². The molecule has 2 aliphatic rings. The Morgan fingerprint density at radius 2 is 1.67 bits per heavy atom. The number of piperidine rings is 1. The van der Waals surface area contributed by atoms with E-state index in [1.165, 1.54) is 4.31 Å². The molecule has 0 aromatic heterocycles. The zero-order valence-electron chi connectivity index (χ0n) is 21.4. The monoisotopic (exact) mass is 525 g/mol. The summed E-state index contributed by atoms with van der Waals surface area (Å²) in [6, 6.07) is 6.04. The summed E-state index contributed by atoms with van der Waals surface area (Å²) >= 11 is 0. The molecule has 1 aromatic rings. The highest BCUT2D eigenvalue weighted by Gasteiger charge is 2.34. The smallest absolute Gasteiger partial charge is 0.262 e. The number of nitrogens with one attached hydrogen (secondary N) is 2. The first-order valence-corrected chi connectivity index (χ1v) is 14.0. The third kappa shape index (κ3) is 7.39. The van der Waals surface area contributed by atoms with Crippen molar-refractivity contribution in [3.05, 3.63) is 29.8 Å². The number of piperazine rings is 1. The number of hydrogen-bond acceptors (Lipinski definition) is 8. The standard InChI is InChI=1S/C24H39N5O6S/c1-18(2)36(33,34)29-14-12-28(13-15-29)22(24(31)26-32)16-25-23(30)20-4-6-21(7-5-20)35-17-19-8-10-27(3)11-9-19/h4-7,18-19,22,32H,8-17H2,1-3H3,(H,25,30)(H,26,31)/t22-/m0/s1. The Morgan fingerprint density at radius 1 is 1.06 bits per heavy atom. The summed E-state index contributed by atoms with van der Waals surface area (Å²) in [4.78, 5) is 29.1. The molecule has 2 heterocycles. The van der Waals surface area contributed by atoms with Crippen molar-refractivity contribution in [3.8, 4) is 5.75 Å². The van der Waals surface area contributed by atoms with Gasteiger partial charge >= 0.3 is 0 Å². The first kappa shape index (κ1) is 28.3. The number of ether oxygens (including phenoxy) is 1. The highest BCUT2D eigenvalue weighted by Crippen LogP contribution is 2.19. The average molecular weight is 526 g/mol. The lowest BCUT2D eigenvalue weighted by atomic mass is 9.98. The molecule has 0 spiro atoms. The first-order chi connectivity index (χ1) is 17.1. The molecule has 11 nitrogen and oxygen atoms in total. The van der Waals surface area contributed by atoms with Gasteiger partial charge in [-0.3, -0.25) is 19.7 Å². The molecule has 2 saturated heterocycles. The van der Waals surface area contributed by atoms with Crippen LogP contribution in [0, 0.1) is 5.92 Å². The number of benzene rings is 1. The van der Waals surface area contributed by atoms with Crippen LogP contribution >= 0.6 is 0 Å². The molecule has 2 aliphatic heterocycles. The molecule has 0 bridgehead atoms. The van der Waals surface area contributed by atoms with Gasteiger partial charge in [0, 0.05) is 38.3 Å². The topological polar surface area (TPSA) is 132 Å². The Kier molecular flexibility index (Phi) is 10.1. The first-order valence-electron chi connectivity index (χ1n) is 12.5. The number of hydrogen-bond donors (Lipinski definition) is 3. The predicted octanol–water partition coefficient (Wildman–Crippen LogP) is 0.367. The molecule has 0 radical (unpaired) electrons. The molecular formula is C24H39N5O6S. The Morgan fingerprint density at radius 3 is 2.22 bits per heavy atom. The van der Waals surface area contributed by atoms with Crippen LogP contribution in [-0.4, -0.2) is 110 Å². The normalized spacial score (nSPS) is 19.7. The number of amides is 2. The third-order valence-electron chi connectivity index (χ3n) is 6.98. The summed E-state index contributed by atoms with van der Waals surface area (Å²) in [5.74, 6) is 0.227. The maximum Gasteiger partial charge on any atom is 0.262 e. The predicted molar refractivity (Wildman–Crippen MR) is 135 cm³/mol. The van der Waals surface area contributed by atoms with Gasteiger partial charge in [-0.15, -0.1) is 0 Å². The van der Waals surface area contributed by atoms with Crippen LogP contribution in [0.4, 0.5) is 0 Å². The van der Waals surface area contributed by atoms with E-state index < -0.39 is 27.2 Å². The van der Waals surface area contributed by atoms with Crippen molar-refractivity contribution in [2.24, 2.45) is 5.92 Å². The second-order valence-electron chi connectivity index (χ2n) is 9.81. The Hall–Kier alpha value is -2.25. The van der Waals surface area contributed by atoms with E-state index in [9.17, 15) is 23.2 Å². The minimum absolute atomic E-state index is 0.0312. The van der Waals surface area contributed by atoms with Gasteiger partial charge in [-0.05, 0) is 77.0 Å². The van der Waals surface area contributed by atoms with E-state index in [0.29, 0.717) is 36.9 Å². The van der Waals surface area contributed by atoms with Crippen molar-refractivity contribution in [1.29, 1.82) is 0 Å². The summed E-state index contributed by atoms with van der Waals surface area (Å²) in [6.45, 7) is 7.14. The molecular weight excluding hydrogens is 486 g/mol. The van der Waals surface area contributed by atoms with Gasteiger partial charge in [0.25, 0.3) is 11.8 Å². The number of carbonyl (C=O) groups is 2. The van der Waals surface area contributed by atoms with E-state index >= 15 is 0 Å². The number of sulfonamides is 1. The van der Waals surface area contributed by atoms with Crippen LogP contribution in [0.2, 0.25) is 0 Å². The lowest BCUT2D eigenvalue weighted by Crippen LogP contribution is -2.59. The van der Waals surface area contributed by atoms with Gasteiger partial charge in [0.1, 0.15) is 11.8 Å². The highest BCUT2D eigenvalue weighted by atomic mass is 32.2. The summed E-state index contributed by atoms with van der Waals surface area (Å²) in [5.41, 5.74) is 2.08. The molecule has 3 rings (SSSR count). The Bertz CT molecular complexity index is 971. The van der Waals surface area contributed by atoms with Crippen molar-refractivity contribution < 1.29 is 28.0 Å². The highest BCUT2D eigenvalue weighted by molar-refractivity contribution is 7.89. The van der Waals surface area contributed by atoms with Crippen LogP contribution in [0.3, 0.4) is 0 Å². The minimum Gasteiger partial charge on any atom is -0.493 e. The zero-order chi connectivity index (χ0) is 26.3. The SMILES string of the molecule is CC(C)S(=O)(=O)N1CCN([C@@H](CNC(=O)c2ccc(OCC3CCN(C)CC3)cc2)C(=O)NO)CC1. The van der Waals surface area contributed by atoms with Crippen LogP contribution in [0.5, 0.6) is 5.75 Å². The van der Waals surface area contributed by atoms with E-state index in [4.69, 9.17) is 4.74 Å². The molecule has 12 heteroatoms. The van der Waals surface area contributed by atoms with Crippen molar-refractivity contribution >= 4 is 21.8 Å². The zero-order valence-corrected chi connectivity index (χ0v) is 22.2. The fourth-order valence-electron chi connectivity index (χ4n) is 4.47. The molecule has 0 unspecified atom stereocenters. The van der Waals surface area contributed by atoms with E-state index in [1.54, 1.807) is 48.5 Å². The number of rotatable bonds is 10. The largest absolute Gasteiger partial charge is 0.493 e. The quantitative estimate of drug-likeness (QED) is 0.295. The van der Waals surface area contributed by atoms with Gasteiger partial charge in [0.2, 0.25) is 10.0 Å². The second kappa shape index (κ2) is 12.8. The molecule has 0 aliphatic carbocycles. The summed E-state index contributed by atoms with van der Waals surface area (Å²) < 4.78 is 32.1. The van der Waals surface area contributed by atoms with Gasteiger partial charge in [-0.25, -0.2) is 13.9 Å². The van der Waals surface area contributed by atoms with E-state index in [-0.39, 0.29) is 25.5 Å². The summed E-state index contributed by atoms with van der Waals surface area (Å²) in [6.07, 6.45) is 2.23. The van der Waals surface area contributed by atoms with Crippen molar-refractivity contribution in [3.63, 3.8) is 0 Å². The molecule has 2 amide bonds. The minimum atomic E-state index is -3.38. The van der Waals surface area contributed by atoms with Crippen molar-refractivity contribution in [1.82, 2.24) is 24.9 Å². The molecule has 202 valence electrons. The van der Waals surface area contributed by atoms with Gasteiger partial charge in [0.15, 0.2) is 0 Å². The lowest BCUT2D eigenvalue weighted by molar-refractivity contribution is -0.135. The van der Waals surface area contributed by atoms with Crippen LogP contribution in [-0.2, 0) is 14.8 Å². The van der Waals surface area contributed by atoms with E-state index in [0.717, 1.165) is 25.9 Å². The molecule has 1 atom stereocenters. The van der Waals surface area contributed by atoms with E-state index in [1.807, 2.05) is 0 Å². The molecule has 0 saturated carbocycles. The molecule has 36 heavy (non-hydrogen) atoms.